The quantitative estimate of drug-likeness (QED) is 0.287. The Labute approximate surface area is 147 Å². The molecule has 0 atom stereocenters. The van der Waals surface area contributed by atoms with E-state index in [4.69, 9.17) is 9.47 Å². The number of hydrogen-bond donors (Lipinski definition) is 0. The molecule has 0 radical (unpaired) electrons. The fourth-order valence-electron chi connectivity index (χ4n) is 0.600. The summed E-state index contributed by atoms with van der Waals surface area (Å²) in [4.78, 5) is 0. The van der Waals surface area contributed by atoms with Crippen LogP contribution in [-0.4, -0.2) is 22.0 Å². The van der Waals surface area contributed by atoms with Gasteiger partial charge in [-0.15, -0.1) is 0 Å². The minimum absolute atomic E-state index is 0. The van der Waals surface area contributed by atoms with Gasteiger partial charge in [-0.1, -0.05) is 26.7 Å². The molecule has 96 valence electrons. The number of hydrogen-bond acceptors (Lipinski definition) is 6. The molecule has 0 heterocycles. The Bertz CT molecular complexity index is 171. The number of unbranched alkanes of at least 4 members (excludes halogenated alkanes) is 2. The van der Waals surface area contributed by atoms with E-state index in [1.807, 2.05) is 0 Å². The van der Waals surface area contributed by atoms with E-state index in [0.29, 0.717) is 13.2 Å². The first kappa shape index (κ1) is 23.3. The van der Waals surface area contributed by atoms with Gasteiger partial charge in [0.1, 0.15) is 0 Å². The molecule has 0 aliphatic heterocycles. The van der Waals surface area contributed by atoms with Gasteiger partial charge in [-0.3, -0.25) is 0 Å². The van der Waals surface area contributed by atoms with E-state index in [-0.39, 0.29) is 36.1 Å². The standard InChI is InChI=1S/2C5H10OS2.Cd/c2*1-2-3-4-6-5(7)8;/h2*2-4H2,1H3,(H,7,8);/q;;+2/p-2. The molecule has 0 aliphatic rings. The van der Waals surface area contributed by atoms with Crippen LogP contribution in [-0.2, 0) is 62.0 Å². The van der Waals surface area contributed by atoms with Crippen molar-refractivity contribution < 1.29 is 36.8 Å². The smallest absolute Gasteiger partial charge is 0.514 e. The van der Waals surface area contributed by atoms with E-state index >= 15 is 0 Å². The molecule has 0 N–H and O–H groups in total. The Hall–Kier alpha value is 1.14. The second kappa shape index (κ2) is 19.5. The summed E-state index contributed by atoms with van der Waals surface area (Å²) >= 11 is 18.0. The Balaban J connectivity index is -0.000000218. The molecular weight excluding hydrogens is 393 g/mol. The third-order valence-corrected chi connectivity index (χ3v) is 1.91. The number of rotatable bonds is 6. The second-order valence-corrected chi connectivity index (χ2v) is 4.90. The first-order valence-corrected chi connectivity index (χ1v) is 6.85. The molecule has 0 amide bonds. The van der Waals surface area contributed by atoms with Crippen molar-refractivity contribution in [3.05, 3.63) is 0 Å². The summed E-state index contributed by atoms with van der Waals surface area (Å²) in [6.45, 7) is 5.54. The van der Waals surface area contributed by atoms with Crippen LogP contribution in [0.25, 0.3) is 0 Å². The van der Waals surface area contributed by atoms with Crippen molar-refractivity contribution in [1.29, 1.82) is 0 Å². The van der Waals surface area contributed by atoms with Gasteiger partial charge in [0.25, 0.3) is 0 Å². The van der Waals surface area contributed by atoms with Crippen LogP contribution < -0.4 is 0 Å². The summed E-state index contributed by atoms with van der Waals surface area (Å²) in [5.74, 6) is 0. The molecule has 17 heavy (non-hydrogen) atoms. The molecule has 0 spiro atoms. The van der Waals surface area contributed by atoms with E-state index in [9.17, 15) is 0 Å². The van der Waals surface area contributed by atoms with Crippen LogP contribution in [0, 0.1) is 0 Å². The molecule has 0 rings (SSSR count). The topological polar surface area (TPSA) is 18.5 Å². The van der Waals surface area contributed by atoms with Gasteiger partial charge in [0.15, 0.2) is 0 Å². The second-order valence-electron chi connectivity index (χ2n) is 2.90. The monoisotopic (exact) mass is 412 g/mol. The summed E-state index contributed by atoms with van der Waals surface area (Å²) in [5, 5.41) is 0. The molecule has 0 aromatic rings. The van der Waals surface area contributed by atoms with E-state index in [2.05, 4.69) is 63.5 Å². The summed E-state index contributed by atoms with van der Waals surface area (Å²) in [5.41, 5.74) is 0. The average molecular weight is 411 g/mol. The summed E-state index contributed by atoms with van der Waals surface area (Å²) in [6.07, 6.45) is 4.32. The SMILES string of the molecule is CCCCOC(=S)[S-].CCCCOC(=S)[S-].[Cd+2]. The van der Waals surface area contributed by atoms with Crippen molar-refractivity contribution in [3.63, 3.8) is 0 Å². The summed E-state index contributed by atoms with van der Waals surface area (Å²) < 4.78 is 10.1. The zero-order valence-corrected chi connectivity index (χ0v) is 17.7. The van der Waals surface area contributed by atoms with E-state index < -0.39 is 0 Å². The third kappa shape index (κ3) is 31.7. The van der Waals surface area contributed by atoms with E-state index in [0.717, 1.165) is 25.7 Å². The molecule has 7 heteroatoms. The van der Waals surface area contributed by atoms with Gasteiger partial charge in [0.05, 0.1) is 13.2 Å². The van der Waals surface area contributed by atoms with Crippen LogP contribution in [0.4, 0.5) is 0 Å². The molecule has 0 saturated heterocycles. The number of thiocarbonyl (C=S) groups is 2. The Morgan fingerprint density at radius 1 is 0.882 bits per heavy atom. The third-order valence-electron chi connectivity index (χ3n) is 1.44. The maximum atomic E-state index is 4.83. The van der Waals surface area contributed by atoms with Gasteiger partial charge in [0, 0.05) is 8.77 Å². The predicted octanol–water partition coefficient (Wildman–Crippen LogP) is 3.27. The van der Waals surface area contributed by atoms with Crippen molar-refractivity contribution in [1.82, 2.24) is 0 Å². The van der Waals surface area contributed by atoms with Crippen LogP contribution in [0.1, 0.15) is 39.5 Å². The molecule has 0 aliphatic carbocycles. The van der Waals surface area contributed by atoms with Crippen molar-refractivity contribution >= 4 is 58.5 Å². The zero-order chi connectivity index (χ0) is 12.8. The fraction of sp³-hybridized carbons (Fsp3) is 0.800. The molecule has 0 unspecified atom stereocenters. The maximum Gasteiger partial charge on any atom is 2.00 e. The molecule has 0 saturated carbocycles. The van der Waals surface area contributed by atoms with Gasteiger partial charge < -0.3 is 59.2 Å². The van der Waals surface area contributed by atoms with Gasteiger partial charge >= 0.3 is 27.3 Å². The van der Waals surface area contributed by atoms with Crippen LogP contribution in [0.5, 0.6) is 0 Å². The minimum atomic E-state index is 0. The van der Waals surface area contributed by atoms with Crippen LogP contribution >= 0.6 is 24.4 Å². The maximum absolute atomic E-state index is 4.83. The van der Waals surface area contributed by atoms with Crippen LogP contribution in [0.3, 0.4) is 0 Å². The van der Waals surface area contributed by atoms with Gasteiger partial charge in [-0.25, -0.2) is 0 Å². The van der Waals surface area contributed by atoms with E-state index in [1.165, 1.54) is 0 Å². The van der Waals surface area contributed by atoms with Gasteiger partial charge in [-0.2, -0.15) is 0 Å². The summed E-state index contributed by atoms with van der Waals surface area (Å²) in [6, 6.07) is 0. The zero-order valence-electron chi connectivity index (χ0n) is 10.4. The average Bonchev–Trinajstić information content (AvgIpc) is 2.18. The molecule has 0 aromatic carbocycles. The van der Waals surface area contributed by atoms with Crippen molar-refractivity contribution in [2.45, 2.75) is 39.5 Å². The molecule has 2 nitrogen and oxygen atoms in total. The Morgan fingerprint density at radius 2 is 1.18 bits per heavy atom. The van der Waals surface area contributed by atoms with Crippen molar-refractivity contribution in [2.24, 2.45) is 0 Å². The first-order valence-electron chi connectivity index (χ1n) is 5.22. The Kier molecular flexibility index (Phi) is 26.6. The van der Waals surface area contributed by atoms with Crippen molar-refractivity contribution in [3.8, 4) is 0 Å². The predicted molar refractivity (Wildman–Crippen MR) is 81.6 cm³/mol. The van der Waals surface area contributed by atoms with Gasteiger partial charge in [-0.05, 0) is 12.8 Å². The fourth-order valence-corrected chi connectivity index (χ4v) is 0.933. The van der Waals surface area contributed by atoms with Crippen LogP contribution in [0.15, 0.2) is 0 Å². The Morgan fingerprint density at radius 3 is 1.35 bits per heavy atom. The van der Waals surface area contributed by atoms with Crippen LogP contribution in [0.2, 0.25) is 0 Å². The number of ether oxygens (including phenoxy) is 2. The first-order chi connectivity index (χ1) is 7.54. The molecule has 0 bridgehead atoms. The largest absolute Gasteiger partial charge is 2.00 e. The van der Waals surface area contributed by atoms with Gasteiger partial charge in [0.2, 0.25) is 0 Å². The van der Waals surface area contributed by atoms with E-state index in [1.54, 1.807) is 0 Å². The normalized spacial score (nSPS) is 8.12. The molecular formula is C10H18CdO2S4. The summed E-state index contributed by atoms with van der Waals surface area (Å²) in [7, 11) is 0. The molecule has 0 aromatic heterocycles. The minimum Gasteiger partial charge on any atom is -0.514 e. The van der Waals surface area contributed by atoms with Crippen molar-refractivity contribution in [2.75, 3.05) is 13.2 Å². The molecule has 0 fully saturated rings.